The van der Waals surface area contributed by atoms with Crippen LogP contribution in [0.15, 0.2) is 24.3 Å². The molecule has 0 atom stereocenters. The van der Waals surface area contributed by atoms with Crippen LogP contribution < -0.4 is 10.6 Å². The number of aromatic hydroxyl groups is 1. The van der Waals surface area contributed by atoms with E-state index in [9.17, 15) is 9.90 Å². The Labute approximate surface area is 230 Å². The predicted molar refractivity (Wildman–Crippen MR) is 161 cm³/mol. The third kappa shape index (κ3) is 11.1. The van der Waals surface area contributed by atoms with Crippen molar-refractivity contribution in [2.24, 2.45) is 5.41 Å². The largest absolute Gasteiger partial charge is 0.506 e. The number of amides is 1. The lowest BCUT2D eigenvalue weighted by Gasteiger charge is -2.16. The monoisotopic (exact) mass is 525 g/mol. The number of imidazole rings is 1. The normalized spacial score (nSPS) is 10.8. The Hall–Kier alpha value is -3.09. The molecule has 0 bridgehead atoms. The van der Waals surface area contributed by atoms with Crippen molar-refractivity contribution in [2.45, 2.75) is 101 Å². The minimum absolute atomic E-state index is 0.174. The molecule has 0 saturated carbocycles. The fourth-order valence-electron chi connectivity index (χ4n) is 4.09. The molecule has 0 unspecified atom stereocenters. The van der Waals surface area contributed by atoms with Crippen molar-refractivity contribution in [1.82, 2.24) is 19.9 Å². The van der Waals surface area contributed by atoms with Crippen LogP contribution in [0, 0.1) is 26.2 Å². The highest BCUT2D eigenvalue weighted by molar-refractivity contribution is 5.83. The van der Waals surface area contributed by atoms with Crippen LogP contribution in [0.25, 0.3) is 11.0 Å². The molecule has 3 aromatic rings. The maximum Gasteiger partial charge on any atom is 0.207 e. The number of nitrogens with one attached hydrogen (secondary N) is 2. The van der Waals surface area contributed by atoms with Gasteiger partial charge in [0.1, 0.15) is 11.4 Å². The zero-order chi connectivity index (χ0) is 28.7. The van der Waals surface area contributed by atoms with Crippen molar-refractivity contribution >= 4 is 23.4 Å². The Balaban J connectivity index is 0.000000559. The molecule has 3 N–H and O–H groups in total. The number of aryl methyl sites for hydroxylation is 3. The summed E-state index contributed by atoms with van der Waals surface area (Å²) in [5.74, 6) is 0.903. The highest BCUT2D eigenvalue weighted by Crippen LogP contribution is 2.27. The molecular formula is C31H51N5O2. The van der Waals surface area contributed by atoms with Crippen molar-refractivity contribution < 1.29 is 9.90 Å². The minimum atomic E-state index is 0.174. The zero-order valence-corrected chi connectivity index (χ0v) is 25.2. The fraction of sp³-hybridized carbons (Fsp3) is 0.581. The van der Waals surface area contributed by atoms with Crippen LogP contribution in [-0.2, 0) is 11.3 Å². The van der Waals surface area contributed by atoms with Gasteiger partial charge in [-0.25, -0.2) is 4.98 Å². The van der Waals surface area contributed by atoms with Gasteiger partial charge in [-0.15, -0.1) is 0 Å². The Bertz CT molecular complexity index is 1120. The van der Waals surface area contributed by atoms with Crippen LogP contribution in [0.5, 0.6) is 5.75 Å². The van der Waals surface area contributed by atoms with Crippen molar-refractivity contribution in [3.05, 3.63) is 46.8 Å². The molecular weight excluding hydrogens is 474 g/mol. The molecule has 212 valence electrons. The van der Waals surface area contributed by atoms with Crippen LogP contribution >= 0.6 is 0 Å². The topological polar surface area (TPSA) is 92.1 Å². The quantitative estimate of drug-likeness (QED) is 0.180. The summed E-state index contributed by atoms with van der Waals surface area (Å²) in [6, 6.07) is 7.67. The van der Waals surface area contributed by atoms with Gasteiger partial charge in [-0.05, 0) is 68.4 Å². The van der Waals surface area contributed by atoms with Gasteiger partial charge in [0, 0.05) is 18.8 Å². The average Bonchev–Trinajstić information content (AvgIpc) is 3.20. The molecule has 7 nitrogen and oxygen atoms in total. The fourth-order valence-corrected chi connectivity index (χ4v) is 4.09. The van der Waals surface area contributed by atoms with Crippen molar-refractivity contribution in [2.75, 3.05) is 18.4 Å². The lowest BCUT2D eigenvalue weighted by Crippen LogP contribution is -2.17. The van der Waals surface area contributed by atoms with Crippen LogP contribution in [0.1, 0.15) is 96.2 Å². The van der Waals surface area contributed by atoms with Crippen molar-refractivity contribution in [3.8, 4) is 5.75 Å². The SMILES string of the molecule is CC.CCCCCC(C)(C)C.Cc1cc(C)c2nc(NCCCNC=O)n(Cc3nc(C)ccc3O)c2c1. The molecule has 1 aromatic carbocycles. The molecule has 1 amide bonds. The highest BCUT2D eigenvalue weighted by atomic mass is 16.3. The van der Waals surface area contributed by atoms with E-state index in [1.54, 1.807) is 12.1 Å². The zero-order valence-electron chi connectivity index (χ0n) is 25.2. The van der Waals surface area contributed by atoms with Crippen LogP contribution in [0.2, 0.25) is 0 Å². The summed E-state index contributed by atoms with van der Waals surface area (Å²) in [7, 11) is 0. The van der Waals surface area contributed by atoms with Crippen LogP contribution in [0.4, 0.5) is 5.95 Å². The second kappa shape index (κ2) is 16.7. The number of unbranched alkanes of at least 4 members (excludes halogenated alkanes) is 2. The number of anilines is 1. The number of fused-ring (bicyclic) bond motifs is 1. The average molecular weight is 526 g/mol. The van der Waals surface area contributed by atoms with E-state index in [0.717, 1.165) is 40.2 Å². The van der Waals surface area contributed by atoms with Crippen LogP contribution in [0.3, 0.4) is 0 Å². The number of carbonyl (C=O) groups is 1. The van der Waals surface area contributed by atoms with Gasteiger partial charge in [0.05, 0.1) is 17.6 Å². The third-order valence-corrected chi connectivity index (χ3v) is 5.98. The lowest BCUT2D eigenvalue weighted by atomic mass is 9.90. The van der Waals surface area contributed by atoms with Gasteiger partial charge in [0.15, 0.2) is 0 Å². The summed E-state index contributed by atoms with van der Waals surface area (Å²) >= 11 is 0. The van der Waals surface area contributed by atoms with E-state index in [2.05, 4.69) is 62.4 Å². The Morgan fingerprint density at radius 2 is 1.71 bits per heavy atom. The van der Waals surface area contributed by atoms with Gasteiger partial charge in [-0.2, -0.15) is 0 Å². The molecule has 0 aliphatic heterocycles. The molecule has 0 aliphatic rings. The summed E-state index contributed by atoms with van der Waals surface area (Å²) in [6.07, 6.45) is 7.01. The summed E-state index contributed by atoms with van der Waals surface area (Å²) in [5.41, 5.74) is 6.22. The second-order valence-corrected chi connectivity index (χ2v) is 10.8. The first-order valence-electron chi connectivity index (χ1n) is 14.1. The van der Waals surface area contributed by atoms with Crippen molar-refractivity contribution in [1.29, 1.82) is 0 Å². The first-order valence-corrected chi connectivity index (χ1v) is 14.1. The second-order valence-electron chi connectivity index (χ2n) is 10.8. The van der Waals surface area contributed by atoms with Gasteiger partial charge in [0.25, 0.3) is 0 Å². The number of hydrogen-bond donors (Lipinski definition) is 3. The van der Waals surface area contributed by atoms with E-state index < -0.39 is 0 Å². The molecule has 38 heavy (non-hydrogen) atoms. The molecule has 3 rings (SSSR count). The molecule has 0 saturated heterocycles. The number of rotatable bonds is 11. The number of carbonyl (C=O) groups excluding carboxylic acids is 1. The van der Waals surface area contributed by atoms with Gasteiger partial charge in [0.2, 0.25) is 12.4 Å². The van der Waals surface area contributed by atoms with E-state index in [1.165, 1.54) is 25.7 Å². The van der Waals surface area contributed by atoms with Gasteiger partial charge in [-0.3, -0.25) is 9.78 Å². The lowest BCUT2D eigenvalue weighted by molar-refractivity contribution is -0.109. The van der Waals surface area contributed by atoms with E-state index in [4.69, 9.17) is 4.98 Å². The molecule has 2 aromatic heterocycles. The first-order chi connectivity index (χ1) is 18.1. The minimum Gasteiger partial charge on any atom is -0.506 e. The first kappa shape index (κ1) is 32.9. The standard InChI is InChI=1S/C20H25N5O2.C9H20.C2H6/c1-13-9-14(2)19-17(10-13)25(11-16-18(27)6-5-15(3)23-16)20(24-19)22-8-4-7-21-12-26;1-5-6-7-8-9(2,3)4;1-2/h5-6,9-10,12,27H,4,7-8,11H2,1-3H3,(H,21,26)(H,22,24);5-8H2,1-4H3;1-2H3. The number of aromatic nitrogens is 3. The number of pyridine rings is 1. The van der Waals surface area contributed by atoms with Gasteiger partial charge < -0.3 is 20.3 Å². The maximum atomic E-state index is 10.4. The predicted octanol–water partition coefficient (Wildman–Crippen LogP) is 7.30. The summed E-state index contributed by atoms with van der Waals surface area (Å²) in [6.45, 7) is 20.9. The molecule has 2 heterocycles. The Kier molecular flexibility index (Phi) is 14.5. The van der Waals surface area contributed by atoms with E-state index in [-0.39, 0.29) is 5.75 Å². The van der Waals surface area contributed by atoms with E-state index >= 15 is 0 Å². The van der Waals surface area contributed by atoms with E-state index in [0.29, 0.717) is 37.2 Å². The summed E-state index contributed by atoms with van der Waals surface area (Å²) < 4.78 is 2.05. The number of hydrogen-bond acceptors (Lipinski definition) is 5. The molecule has 0 radical (unpaired) electrons. The summed E-state index contributed by atoms with van der Waals surface area (Å²) in [4.78, 5) is 19.6. The molecule has 0 spiro atoms. The number of nitrogens with zero attached hydrogens (tertiary/aromatic N) is 3. The smallest absolute Gasteiger partial charge is 0.207 e. The van der Waals surface area contributed by atoms with Crippen LogP contribution in [-0.4, -0.2) is 39.1 Å². The molecule has 0 aliphatic carbocycles. The Morgan fingerprint density at radius 3 is 2.34 bits per heavy atom. The highest BCUT2D eigenvalue weighted by Gasteiger charge is 2.15. The maximum absolute atomic E-state index is 10.4. The molecule has 7 heteroatoms. The summed E-state index contributed by atoms with van der Waals surface area (Å²) in [5, 5.41) is 16.2. The molecule has 0 fully saturated rings. The Morgan fingerprint density at radius 1 is 1.00 bits per heavy atom. The van der Waals surface area contributed by atoms with Crippen molar-refractivity contribution in [3.63, 3.8) is 0 Å². The van der Waals surface area contributed by atoms with Gasteiger partial charge in [-0.1, -0.05) is 66.9 Å². The third-order valence-electron chi connectivity index (χ3n) is 5.98. The number of benzene rings is 1. The van der Waals surface area contributed by atoms with E-state index in [1.807, 2.05) is 32.3 Å². The van der Waals surface area contributed by atoms with Gasteiger partial charge >= 0.3 is 0 Å².